The summed E-state index contributed by atoms with van der Waals surface area (Å²) in [5.41, 5.74) is 9.11. The van der Waals surface area contributed by atoms with Crippen molar-refractivity contribution < 1.29 is 9.53 Å². The van der Waals surface area contributed by atoms with Crippen LogP contribution >= 0.6 is 11.3 Å². The molecular weight excluding hydrogens is 462 g/mol. The number of fused-ring (bicyclic) bond motifs is 1. The lowest BCUT2D eigenvalue weighted by Gasteiger charge is -2.24. The Kier molecular flexibility index (Phi) is 6.12. The summed E-state index contributed by atoms with van der Waals surface area (Å²) in [7, 11) is 0. The maximum Gasteiger partial charge on any atom is 0.415 e. The van der Waals surface area contributed by atoms with Gasteiger partial charge in [0, 0.05) is 5.69 Å². The Morgan fingerprint density at radius 2 is 1.91 bits per heavy atom. The van der Waals surface area contributed by atoms with Gasteiger partial charge in [-0.3, -0.25) is 4.90 Å². The van der Waals surface area contributed by atoms with Crippen LogP contribution in [0.15, 0.2) is 54.0 Å². The van der Waals surface area contributed by atoms with Crippen molar-refractivity contribution in [1.82, 2.24) is 15.0 Å². The van der Waals surface area contributed by atoms with Gasteiger partial charge in [-0.05, 0) is 54.1 Å². The predicted molar refractivity (Wildman–Crippen MR) is 140 cm³/mol. The molecular formula is C25H27N7O2S. The number of ether oxygens (including phenoxy) is 1. The van der Waals surface area contributed by atoms with E-state index in [4.69, 9.17) is 15.5 Å². The molecule has 4 N–H and O–H groups in total. The second-order valence-corrected chi connectivity index (χ2v) is 9.77. The van der Waals surface area contributed by atoms with Gasteiger partial charge in [-0.2, -0.15) is 4.98 Å². The molecule has 9 nitrogen and oxygen atoms in total. The average molecular weight is 490 g/mol. The monoisotopic (exact) mass is 489 g/mol. The number of pyridine rings is 1. The summed E-state index contributed by atoms with van der Waals surface area (Å²) in [5.74, 6) is 2.02. The fraction of sp³-hybridized carbons (Fsp3) is 0.280. The third-order valence-electron chi connectivity index (χ3n) is 6.00. The van der Waals surface area contributed by atoms with Crippen molar-refractivity contribution in [2.24, 2.45) is 5.92 Å². The number of carbonyl (C=O) groups excluding carboxylic acids is 1. The highest BCUT2D eigenvalue weighted by Crippen LogP contribution is 2.35. The Labute approximate surface area is 207 Å². The average Bonchev–Trinajstić information content (AvgIpc) is 3.47. The van der Waals surface area contributed by atoms with E-state index >= 15 is 0 Å². The smallest absolute Gasteiger partial charge is 0.415 e. The fourth-order valence-corrected chi connectivity index (χ4v) is 4.82. The summed E-state index contributed by atoms with van der Waals surface area (Å²) in [6, 6.07) is 13.5. The predicted octanol–water partition coefficient (Wildman–Crippen LogP) is 5.57. The van der Waals surface area contributed by atoms with Crippen LogP contribution in [-0.2, 0) is 4.74 Å². The molecule has 0 bridgehead atoms. The lowest BCUT2D eigenvalue weighted by molar-refractivity contribution is 0.177. The third kappa shape index (κ3) is 4.69. The van der Waals surface area contributed by atoms with Gasteiger partial charge in [-0.15, -0.1) is 11.3 Å². The molecule has 1 aliphatic heterocycles. The van der Waals surface area contributed by atoms with Crippen LogP contribution in [0.25, 0.3) is 10.2 Å². The molecule has 0 aliphatic carbocycles. The number of hydrogen-bond donors (Lipinski definition) is 3. The van der Waals surface area contributed by atoms with E-state index in [9.17, 15) is 4.79 Å². The largest absolute Gasteiger partial charge is 0.447 e. The van der Waals surface area contributed by atoms with E-state index in [1.807, 2.05) is 48.7 Å². The molecule has 5 rings (SSSR count). The van der Waals surface area contributed by atoms with Crippen LogP contribution in [0.2, 0.25) is 0 Å². The quantitative estimate of drug-likeness (QED) is 0.308. The first-order valence-corrected chi connectivity index (χ1v) is 12.3. The number of cyclic esters (lactones) is 1. The van der Waals surface area contributed by atoms with E-state index in [1.165, 1.54) is 11.3 Å². The molecule has 1 fully saturated rings. The first kappa shape index (κ1) is 22.9. The van der Waals surface area contributed by atoms with Crippen LogP contribution in [0.3, 0.4) is 0 Å². The molecule has 1 aliphatic rings. The van der Waals surface area contributed by atoms with Crippen molar-refractivity contribution in [3.8, 4) is 0 Å². The van der Waals surface area contributed by atoms with Crippen molar-refractivity contribution in [2.45, 2.75) is 32.9 Å². The molecule has 35 heavy (non-hydrogen) atoms. The SMILES string of the molecule is CC(C)[C@H]1COC(=O)N1c1nc(N[C@@H](C)c2ccc(Nc3ccc(N)cn3)cc2)nc2ccsc12. The number of hydrogen-bond acceptors (Lipinski definition) is 9. The van der Waals surface area contributed by atoms with Gasteiger partial charge < -0.3 is 21.1 Å². The van der Waals surface area contributed by atoms with Crippen molar-refractivity contribution in [3.05, 3.63) is 59.6 Å². The number of thiophene rings is 1. The second-order valence-electron chi connectivity index (χ2n) is 8.85. The molecule has 180 valence electrons. The van der Waals surface area contributed by atoms with Crippen molar-refractivity contribution in [1.29, 1.82) is 0 Å². The number of anilines is 5. The van der Waals surface area contributed by atoms with Crippen LogP contribution in [0.5, 0.6) is 0 Å². The van der Waals surface area contributed by atoms with Crippen LogP contribution in [-0.4, -0.2) is 33.7 Å². The zero-order valence-corrected chi connectivity index (χ0v) is 20.5. The number of nitrogens with zero attached hydrogens (tertiary/aromatic N) is 4. The van der Waals surface area contributed by atoms with E-state index in [0.29, 0.717) is 24.1 Å². The molecule has 3 aromatic heterocycles. The van der Waals surface area contributed by atoms with Gasteiger partial charge in [-0.25, -0.2) is 14.8 Å². The maximum atomic E-state index is 12.6. The lowest BCUT2D eigenvalue weighted by Crippen LogP contribution is -2.38. The number of nitrogens with two attached hydrogens (primary N) is 1. The Balaban J connectivity index is 1.36. The molecule has 0 unspecified atom stereocenters. The van der Waals surface area contributed by atoms with E-state index < -0.39 is 0 Å². The first-order valence-electron chi connectivity index (χ1n) is 11.5. The number of nitrogen functional groups attached to an aromatic ring is 1. The minimum Gasteiger partial charge on any atom is -0.447 e. The highest BCUT2D eigenvalue weighted by molar-refractivity contribution is 7.17. The number of amides is 1. The number of nitrogens with one attached hydrogen (secondary N) is 2. The minimum absolute atomic E-state index is 0.0611. The summed E-state index contributed by atoms with van der Waals surface area (Å²) < 4.78 is 6.24. The molecule has 4 heterocycles. The van der Waals surface area contributed by atoms with Gasteiger partial charge >= 0.3 is 6.09 Å². The Bertz CT molecular complexity index is 1340. The topological polar surface area (TPSA) is 118 Å². The fourth-order valence-electron chi connectivity index (χ4n) is 4.01. The lowest BCUT2D eigenvalue weighted by atomic mass is 10.0. The zero-order valence-electron chi connectivity index (χ0n) is 19.7. The van der Waals surface area contributed by atoms with Crippen LogP contribution in [0, 0.1) is 5.92 Å². The van der Waals surface area contributed by atoms with Gasteiger partial charge in [0.25, 0.3) is 0 Å². The number of rotatable bonds is 7. The zero-order chi connectivity index (χ0) is 24.5. The molecule has 2 atom stereocenters. The van der Waals surface area contributed by atoms with Crippen molar-refractivity contribution in [2.75, 3.05) is 27.9 Å². The molecule has 10 heteroatoms. The van der Waals surface area contributed by atoms with Crippen LogP contribution in [0.4, 0.5) is 33.8 Å². The number of benzene rings is 1. The maximum absolute atomic E-state index is 12.6. The first-order chi connectivity index (χ1) is 16.9. The Morgan fingerprint density at radius 3 is 2.63 bits per heavy atom. The summed E-state index contributed by atoms with van der Waals surface area (Å²) in [6.45, 7) is 6.57. The minimum atomic E-state index is -0.366. The van der Waals surface area contributed by atoms with Gasteiger partial charge in [-0.1, -0.05) is 26.0 Å². The normalized spacial score (nSPS) is 16.5. The van der Waals surface area contributed by atoms with Crippen molar-refractivity contribution in [3.63, 3.8) is 0 Å². The van der Waals surface area contributed by atoms with E-state index in [2.05, 4.69) is 34.4 Å². The van der Waals surface area contributed by atoms with Crippen molar-refractivity contribution >= 4 is 56.6 Å². The molecule has 0 radical (unpaired) electrons. The van der Waals surface area contributed by atoms with Crippen LogP contribution in [0.1, 0.15) is 32.4 Å². The third-order valence-corrected chi connectivity index (χ3v) is 6.90. The van der Waals surface area contributed by atoms with E-state index in [1.54, 1.807) is 17.2 Å². The van der Waals surface area contributed by atoms with Gasteiger partial charge in [0.1, 0.15) is 12.4 Å². The van der Waals surface area contributed by atoms with Gasteiger partial charge in [0.15, 0.2) is 5.82 Å². The number of aromatic nitrogens is 3. The van der Waals surface area contributed by atoms with E-state index in [0.717, 1.165) is 27.3 Å². The Hall–Kier alpha value is -3.92. The molecule has 1 saturated heterocycles. The summed E-state index contributed by atoms with van der Waals surface area (Å²) in [5, 5.41) is 8.62. The highest BCUT2D eigenvalue weighted by atomic mass is 32.1. The molecule has 4 aromatic rings. The molecule has 1 amide bonds. The number of carbonyl (C=O) groups is 1. The standard InChI is InChI=1S/C25H27N7O2S/c1-14(2)20-13-34-25(33)32(20)23-22-19(10-11-35-22)30-24(31-23)28-15(3)16-4-7-18(8-5-16)29-21-9-6-17(26)12-27-21/h4-12,14-15,20H,13,26H2,1-3H3,(H,27,29)(H,28,30,31)/t15-,20+/m0/s1. The van der Waals surface area contributed by atoms with Gasteiger partial charge in [0.2, 0.25) is 5.95 Å². The molecule has 0 spiro atoms. The Morgan fingerprint density at radius 1 is 1.11 bits per heavy atom. The van der Waals surface area contributed by atoms with Gasteiger partial charge in [0.05, 0.1) is 34.2 Å². The molecule has 0 saturated carbocycles. The summed E-state index contributed by atoms with van der Waals surface area (Å²) in [6.07, 6.45) is 1.25. The highest BCUT2D eigenvalue weighted by Gasteiger charge is 2.38. The van der Waals surface area contributed by atoms with Crippen LogP contribution < -0.4 is 21.3 Å². The summed E-state index contributed by atoms with van der Waals surface area (Å²) >= 11 is 1.52. The van der Waals surface area contributed by atoms with E-state index in [-0.39, 0.29) is 24.1 Å². The second kappa shape index (κ2) is 9.38. The molecule has 1 aromatic carbocycles. The summed E-state index contributed by atoms with van der Waals surface area (Å²) in [4.78, 5) is 28.0.